The van der Waals surface area contributed by atoms with Gasteiger partial charge in [0.05, 0.1) is 5.69 Å². The Bertz CT molecular complexity index is 460. The molecule has 0 bridgehead atoms. The van der Waals surface area contributed by atoms with Crippen molar-refractivity contribution in [2.45, 2.75) is 13.5 Å². The molecule has 16 heavy (non-hydrogen) atoms. The van der Waals surface area contributed by atoms with Crippen LogP contribution in [0.2, 0.25) is 0 Å². The van der Waals surface area contributed by atoms with Gasteiger partial charge < -0.3 is 5.32 Å². The number of hydrogen-bond acceptors (Lipinski definition) is 2. The molecule has 2 rings (SSSR count). The lowest BCUT2D eigenvalue weighted by molar-refractivity contribution is 0.791. The predicted octanol–water partition coefficient (Wildman–Crippen LogP) is 2.78. The van der Waals surface area contributed by atoms with Crippen molar-refractivity contribution in [1.29, 1.82) is 0 Å². The van der Waals surface area contributed by atoms with Crippen LogP contribution in [0.1, 0.15) is 11.3 Å². The lowest BCUT2D eigenvalue weighted by Gasteiger charge is -2.04. The Balaban J connectivity index is 2.32. The average molecular weight is 212 g/mol. The molecular formula is C14H16N2. The number of benzene rings is 1. The lowest BCUT2D eigenvalue weighted by Crippen LogP contribution is -2.06. The summed E-state index contributed by atoms with van der Waals surface area (Å²) in [7, 11) is 1.93. The molecule has 1 heterocycles. The normalized spacial score (nSPS) is 10.4. The number of hydrogen-bond donors (Lipinski definition) is 1. The molecule has 2 heteroatoms. The summed E-state index contributed by atoms with van der Waals surface area (Å²) in [5, 5.41) is 3.11. The Morgan fingerprint density at radius 1 is 1.06 bits per heavy atom. The maximum atomic E-state index is 4.31. The maximum Gasteiger partial charge on any atom is 0.0547 e. The van der Waals surface area contributed by atoms with E-state index in [1.54, 1.807) is 0 Å². The first-order valence-corrected chi connectivity index (χ1v) is 5.46. The van der Waals surface area contributed by atoms with Crippen molar-refractivity contribution >= 4 is 0 Å². The van der Waals surface area contributed by atoms with Gasteiger partial charge in [0.2, 0.25) is 0 Å². The standard InChI is InChI=1S/C14H16N2/c1-11-3-5-12(6-4-11)13-7-8-16-14(9-13)10-15-2/h3-9,15H,10H2,1-2H3. The third-order valence-electron chi connectivity index (χ3n) is 2.56. The van der Waals surface area contributed by atoms with Crippen molar-refractivity contribution in [3.63, 3.8) is 0 Å². The molecule has 0 spiro atoms. The average Bonchev–Trinajstić information content (AvgIpc) is 2.31. The first kappa shape index (κ1) is 10.8. The SMILES string of the molecule is CNCc1cc(-c2ccc(C)cc2)ccn1. The number of aryl methyl sites for hydroxylation is 1. The molecule has 0 saturated heterocycles. The van der Waals surface area contributed by atoms with E-state index in [1.807, 2.05) is 19.3 Å². The molecule has 1 aromatic heterocycles. The van der Waals surface area contributed by atoms with Gasteiger partial charge in [-0.15, -0.1) is 0 Å². The molecule has 0 aliphatic carbocycles. The van der Waals surface area contributed by atoms with Crippen LogP contribution in [0.4, 0.5) is 0 Å². The molecule has 1 N–H and O–H groups in total. The Morgan fingerprint density at radius 2 is 1.81 bits per heavy atom. The summed E-state index contributed by atoms with van der Waals surface area (Å²) in [6.07, 6.45) is 1.86. The summed E-state index contributed by atoms with van der Waals surface area (Å²) in [5.74, 6) is 0. The Kier molecular flexibility index (Phi) is 3.32. The third kappa shape index (κ3) is 2.47. The molecule has 0 aliphatic rings. The van der Waals surface area contributed by atoms with Gasteiger partial charge in [0, 0.05) is 12.7 Å². The van der Waals surface area contributed by atoms with E-state index in [9.17, 15) is 0 Å². The highest BCUT2D eigenvalue weighted by molar-refractivity contribution is 5.63. The number of aromatic nitrogens is 1. The molecule has 2 aromatic rings. The van der Waals surface area contributed by atoms with Crippen LogP contribution in [0, 0.1) is 6.92 Å². The smallest absolute Gasteiger partial charge is 0.0547 e. The van der Waals surface area contributed by atoms with Gasteiger partial charge in [0.15, 0.2) is 0 Å². The minimum absolute atomic E-state index is 0.805. The summed E-state index contributed by atoms with van der Waals surface area (Å²) < 4.78 is 0. The van der Waals surface area contributed by atoms with Crippen LogP contribution in [0.5, 0.6) is 0 Å². The molecule has 82 valence electrons. The fourth-order valence-corrected chi connectivity index (χ4v) is 1.68. The fraction of sp³-hybridized carbons (Fsp3) is 0.214. The second-order valence-electron chi connectivity index (χ2n) is 3.93. The van der Waals surface area contributed by atoms with Crippen LogP contribution in [-0.4, -0.2) is 12.0 Å². The van der Waals surface area contributed by atoms with Crippen LogP contribution < -0.4 is 5.32 Å². The van der Waals surface area contributed by atoms with Gasteiger partial charge in [-0.2, -0.15) is 0 Å². The predicted molar refractivity (Wildman–Crippen MR) is 67.2 cm³/mol. The van der Waals surface area contributed by atoms with Gasteiger partial charge in [-0.3, -0.25) is 4.98 Å². The minimum Gasteiger partial charge on any atom is -0.314 e. The molecule has 2 nitrogen and oxygen atoms in total. The van der Waals surface area contributed by atoms with Crippen LogP contribution in [0.3, 0.4) is 0 Å². The molecule has 0 atom stereocenters. The Labute approximate surface area is 96.4 Å². The van der Waals surface area contributed by atoms with E-state index in [1.165, 1.54) is 16.7 Å². The summed E-state index contributed by atoms with van der Waals surface area (Å²) in [5.41, 5.74) is 4.82. The van der Waals surface area contributed by atoms with Gasteiger partial charge in [0.25, 0.3) is 0 Å². The van der Waals surface area contributed by atoms with Gasteiger partial charge in [-0.05, 0) is 37.2 Å². The van der Waals surface area contributed by atoms with Gasteiger partial charge in [0.1, 0.15) is 0 Å². The third-order valence-corrected chi connectivity index (χ3v) is 2.56. The zero-order valence-electron chi connectivity index (χ0n) is 9.70. The highest BCUT2D eigenvalue weighted by Gasteiger charge is 1.99. The van der Waals surface area contributed by atoms with Crippen molar-refractivity contribution in [1.82, 2.24) is 10.3 Å². The molecule has 0 radical (unpaired) electrons. The summed E-state index contributed by atoms with van der Waals surface area (Å²) >= 11 is 0. The molecular weight excluding hydrogens is 196 g/mol. The monoisotopic (exact) mass is 212 g/mol. The highest BCUT2D eigenvalue weighted by Crippen LogP contribution is 2.19. The van der Waals surface area contributed by atoms with Crippen molar-refractivity contribution in [2.24, 2.45) is 0 Å². The lowest BCUT2D eigenvalue weighted by atomic mass is 10.0. The number of pyridine rings is 1. The largest absolute Gasteiger partial charge is 0.314 e. The summed E-state index contributed by atoms with van der Waals surface area (Å²) in [4.78, 5) is 4.31. The topological polar surface area (TPSA) is 24.9 Å². The van der Waals surface area contributed by atoms with E-state index in [0.29, 0.717) is 0 Å². The van der Waals surface area contributed by atoms with E-state index in [4.69, 9.17) is 0 Å². The Morgan fingerprint density at radius 3 is 2.50 bits per heavy atom. The second kappa shape index (κ2) is 4.90. The number of nitrogens with one attached hydrogen (secondary N) is 1. The highest BCUT2D eigenvalue weighted by atomic mass is 14.8. The van der Waals surface area contributed by atoms with E-state index < -0.39 is 0 Å². The van der Waals surface area contributed by atoms with Crippen LogP contribution in [0.25, 0.3) is 11.1 Å². The van der Waals surface area contributed by atoms with E-state index in [-0.39, 0.29) is 0 Å². The fourth-order valence-electron chi connectivity index (χ4n) is 1.68. The minimum atomic E-state index is 0.805. The molecule has 1 aromatic carbocycles. The zero-order chi connectivity index (χ0) is 11.4. The van der Waals surface area contributed by atoms with E-state index >= 15 is 0 Å². The quantitative estimate of drug-likeness (QED) is 0.846. The van der Waals surface area contributed by atoms with Crippen LogP contribution in [-0.2, 0) is 6.54 Å². The van der Waals surface area contributed by atoms with E-state index in [0.717, 1.165) is 12.2 Å². The van der Waals surface area contributed by atoms with Gasteiger partial charge >= 0.3 is 0 Å². The van der Waals surface area contributed by atoms with Crippen LogP contribution >= 0.6 is 0 Å². The molecule has 0 fully saturated rings. The summed E-state index contributed by atoms with van der Waals surface area (Å²) in [6.45, 7) is 2.91. The van der Waals surface area contributed by atoms with Crippen molar-refractivity contribution in [2.75, 3.05) is 7.05 Å². The molecule has 0 unspecified atom stereocenters. The zero-order valence-corrected chi connectivity index (χ0v) is 9.70. The first-order chi connectivity index (χ1) is 7.79. The maximum absolute atomic E-state index is 4.31. The summed E-state index contributed by atoms with van der Waals surface area (Å²) in [6, 6.07) is 12.7. The van der Waals surface area contributed by atoms with Gasteiger partial charge in [-0.25, -0.2) is 0 Å². The second-order valence-corrected chi connectivity index (χ2v) is 3.93. The van der Waals surface area contributed by atoms with Gasteiger partial charge in [-0.1, -0.05) is 29.8 Å². The van der Waals surface area contributed by atoms with Crippen molar-refractivity contribution in [3.8, 4) is 11.1 Å². The first-order valence-electron chi connectivity index (χ1n) is 5.46. The molecule has 0 aliphatic heterocycles. The molecule has 0 amide bonds. The number of rotatable bonds is 3. The van der Waals surface area contributed by atoms with E-state index in [2.05, 4.69) is 47.6 Å². The number of nitrogens with zero attached hydrogens (tertiary/aromatic N) is 1. The van der Waals surface area contributed by atoms with Crippen LogP contribution in [0.15, 0.2) is 42.6 Å². The molecule has 0 saturated carbocycles. The van der Waals surface area contributed by atoms with Crippen molar-refractivity contribution in [3.05, 3.63) is 53.9 Å². The Hall–Kier alpha value is -1.67. The van der Waals surface area contributed by atoms with Crippen molar-refractivity contribution < 1.29 is 0 Å².